The zero-order valence-corrected chi connectivity index (χ0v) is 26.2. The molecular formula is C30H35NO15. The summed E-state index contributed by atoms with van der Waals surface area (Å²) in [4.78, 5) is 86.4. The van der Waals surface area contributed by atoms with E-state index >= 15 is 0 Å². The average Bonchev–Trinajstić information content (AvgIpc) is 2.93. The first kappa shape index (κ1) is 35.5. The van der Waals surface area contributed by atoms with Crippen LogP contribution in [0.5, 0.6) is 5.75 Å². The molecule has 0 aliphatic carbocycles. The molecule has 250 valence electrons. The lowest BCUT2D eigenvalue weighted by Crippen LogP contribution is -2.70. The molecule has 0 bridgehead atoms. The Morgan fingerprint density at radius 2 is 1.63 bits per heavy atom. The second kappa shape index (κ2) is 14.9. The van der Waals surface area contributed by atoms with Gasteiger partial charge in [0.1, 0.15) is 30.1 Å². The zero-order chi connectivity index (χ0) is 34.3. The van der Waals surface area contributed by atoms with Gasteiger partial charge in [-0.2, -0.15) is 0 Å². The predicted molar refractivity (Wildman–Crippen MR) is 153 cm³/mol. The number of benzene rings is 1. The maximum atomic E-state index is 13.5. The lowest BCUT2D eigenvalue weighted by atomic mass is 9.88. The molecule has 1 aromatic carbocycles. The Balaban J connectivity index is 2.25. The summed E-state index contributed by atoms with van der Waals surface area (Å²) in [6.45, 7) is 6.43. The van der Waals surface area contributed by atoms with E-state index in [4.69, 9.17) is 37.6 Å². The van der Waals surface area contributed by atoms with Gasteiger partial charge in [-0.25, -0.2) is 9.59 Å². The normalized spacial score (nSPS) is 22.0. The first-order valence-electron chi connectivity index (χ1n) is 14.0. The lowest BCUT2D eigenvalue weighted by molar-refractivity contribution is -0.289. The van der Waals surface area contributed by atoms with E-state index in [9.17, 15) is 33.6 Å². The average molecular weight is 650 g/mol. The Hall–Kier alpha value is -4.99. The summed E-state index contributed by atoms with van der Waals surface area (Å²) in [5, 5.41) is 3.14. The van der Waals surface area contributed by atoms with Crippen LogP contribution in [0.3, 0.4) is 0 Å². The molecule has 2 heterocycles. The summed E-state index contributed by atoms with van der Waals surface area (Å²) in [6.07, 6.45) is -6.95. The van der Waals surface area contributed by atoms with Crippen molar-refractivity contribution in [1.29, 1.82) is 0 Å². The highest BCUT2D eigenvalue weighted by Crippen LogP contribution is 2.38. The van der Waals surface area contributed by atoms with Crippen molar-refractivity contribution in [2.75, 3.05) is 13.7 Å². The Kier molecular flexibility index (Phi) is 11.5. The van der Waals surface area contributed by atoms with Gasteiger partial charge in [-0.3, -0.25) is 24.0 Å². The molecule has 0 spiro atoms. The summed E-state index contributed by atoms with van der Waals surface area (Å²) in [6, 6.07) is 4.27. The number of esters is 5. The Morgan fingerprint density at radius 1 is 0.957 bits per heavy atom. The smallest absolute Gasteiger partial charge is 0.379 e. The van der Waals surface area contributed by atoms with Gasteiger partial charge in [-0.05, 0) is 24.6 Å². The van der Waals surface area contributed by atoms with Gasteiger partial charge in [0, 0.05) is 52.1 Å². The quantitative estimate of drug-likeness (QED) is 0.204. The van der Waals surface area contributed by atoms with Crippen molar-refractivity contribution in [1.82, 2.24) is 5.32 Å². The van der Waals surface area contributed by atoms with Crippen molar-refractivity contribution in [3.05, 3.63) is 40.2 Å². The van der Waals surface area contributed by atoms with Crippen LogP contribution < -0.4 is 15.7 Å². The summed E-state index contributed by atoms with van der Waals surface area (Å²) >= 11 is 0. The van der Waals surface area contributed by atoms with E-state index in [1.807, 2.05) is 0 Å². The fourth-order valence-electron chi connectivity index (χ4n) is 5.06. The van der Waals surface area contributed by atoms with Gasteiger partial charge in [0.2, 0.25) is 5.91 Å². The zero-order valence-electron chi connectivity index (χ0n) is 26.2. The molecule has 0 radical (unpaired) electrons. The minimum atomic E-state index is -2.48. The Labute approximate surface area is 262 Å². The van der Waals surface area contributed by atoms with Crippen LogP contribution in [0.1, 0.15) is 46.6 Å². The maximum absolute atomic E-state index is 13.5. The lowest BCUT2D eigenvalue weighted by Gasteiger charge is -2.48. The Morgan fingerprint density at radius 3 is 2.20 bits per heavy atom. The predicted octanol–water partition coefficient (Wildman–Crippen LogP) is 1.00. The second-order valence-corrected chi connectivity index (χ2v) is 10.4. The molecule has 1 N–H and O–H groups in total. The van der Waals surface area contributed by atoms with Gasteiger partial charge in [-0.1, -0.05) is 0 Å². The molecule has 1 aliphatic rings. The van der Waals surface area contributed by atoms with Gasteiger partial charge in [0.15, 0.2) is 12.2 Å². The molecule has 1 saturated heterocycles. The highest BCUT2D eigenvalue weighted by Gasteiger charge is 2.60. The van der Waals surface area contributed by atoms with E-state index in [0.29, 0.717) is 10.9 Å². The fraction of sp³-hybridized carbons (Fsp3) is 0.500. The number of carbonyl (C=O) groups is 6. The number of rotatable bonds is 11. The van der Waals surface area contributed by atoms with Crippen molar-refractivity contribution in [3.63, 3.8) is 0 Å². The molecule has 0 unspecified atom stereocenters. The molecule has 46 heavy (non-hydrogen) atoms. The van der Waals surface area contributed by atoms with E-state index in [1.165, 1.54) is 18.2 Å². The minimum absolute atomic E-state index is 0.0644. The number of hydrogen-bond donors (Lipinski definition) is 1. The van der Waals surface area contributed by atoms with Gasteiger partial charge >= 0.3 is 41.3 Å². The first-order chi connectivity index (χ1) is 21.5. The van der Waals surface area contributed by atoms with Crippen LogP contribution in [-0.4, -0.2) is 85.7 Å². The van der Waals surface area contributed by atoms with Gasteiger partial charge in [0.05, 0.1) is 19.6 Å². The minimum Gasteiger partial charge on any atom is -0.464 e. The number of methoxy groups -OCH3 is 1. The molecule has 0 saturated carbocycles. The third-order valence-electron chi connectivity index (χ3n) is 6.70. The number of hydrogen-bond acceptors (Lipinski definition) is 15. The SMILES string of the molecule is COC(=O)[C@@]1(Oc2ccc3c(C)cc(=O)oc3c2)C[C@H](OC(C)=O)[C@H](NC(C)=O)[C@H]([C@H](OC(C)=O)[C@@H](COC(C)=O)OC(C)=O)O1. The van der Waals surface area contributed by atoms with E-state index in [0.717, 1.165) is 41.7 Å². The molecule has 1 aliphatic heterocycles. The molecule has 16 heteroatoms. The number of amides is 1. The van der Waals surface area contributed by atoms with Crippen LogP contribution in [-0.2, 0) is 57.2 Å². The van der Waals surface area contributed by atoms with Gasteiger partial charge in [-0.15, -0.1) is 0 Å². The summed E-state index contributed by atoms with van der Waals surface area (Å²) in [7, 11) is 1.03. The molecule has 16 nitrogen and oxygen atoms in total. The van der Waals surface area contributed by atoms with Crippen molar-refractivity contribution in [3.8, 4) is 5.75 Å². The largest absolute Gasteiger partial charge is 0.464 e. The van der Waals surface area contributed by atoms with Crippen molar-refractivity contribution < 1.29 is 66.3 Å². The third kappa shape index (κ3) is 8.80. The number of nitrogens with one attached hydrogen (secondary N) is 1. The molecule has 6 atom stereocenters. The maximum Gasteiger partial charge on any atom is 0.379 e. The van der Waals surface area contributed by atoms with Crippen molar-refractivity contribution >= 4 is 46.7 Å². The third-order valence-corrected chi connectivity index (χ3v) is 6.70. The monoisotopic (exact) mass is 649 g/mol. The van der Waals surface area contributed by atoms with Crippen LogP contribution in [0.2, 0.25) is 0 Å². The molecule has 3 rings (SSSR count). The number of aryl methyl sites for hydroxylation is 1. The number of carbonyl (C=O) groups excluding carboxylic acids is 6. The Bertz CT molecular complexity index is 1570. The second-order valence-electron chi connectivity index (χ2n) is 10.4. The summed E-state index contributed by atoms with van der Waals surface area (Å²) in [5.41, 5.74) is 0.0769. The summed E-state index contributed by atoms with van der Waals surface area (Å²) < 4.78 is 44.1. The van der Waals surface area contributed by atoms with E-state index in [-0.39, 0.29) is 11.3 Å². The van der Waals surface area contributed by atoms with Crippen LogP contribution in [0.4, 0.5) is 0 Å². The summed E-state index contributed by atoms with van der Waals surface area (Å²) in [5.74, 6) is -7.73. The molecule has 1 fully saturated rings. The highest BCUT2D eigenvalue weighted by atomic mass is 16.7. The highest BCUT2D eigenvalue weighted by molar-refractivity contribution is 5.82. The van der Waals surface area contributed by atoms with Crippen molar-refractivity contribution in [2.45, 2.75) is 84.2 Å². The van der Waals surface area contributed by atoms with E-state index < -0.39 is 90.7 Å². The van der Waals surface area contributed by atoms with Gasteiger partial charge in [0.25, 0.3) is 0 Å². The van der Waals surface area contributed by atoms with Crippen molar-refractivity contribution in [2.24, 2.45) is 0 Å². The standard InChI is InChI=1S/C30H35NO15/c1-14-10-25(37)44-22-11-20(8-9-21(14)22)45-30(29(38)39-7)12-23(41-17(4)34)26(31-15(2)32)28(46-30)27(43-19(6)36)24(42-18(5)35)13-40-16(3)33/h8-11,23-24,26-28H,12-13H2,1-7H3,(H,31,32)/t23-,24+,26-,27+,28+,30+/m0/s1. The number of fused-ring (bicyclic) bond motifs is 1. The molecular weight excluding hydrogens is 614 g/mol. The molecule has 1 aromatic heterocycles. The van der Waals surface area contributed by atoms with Gasteiger partial charge < -0.3 is 42.9 Å². The van der Waals surface area contributed by atoms with E-state index in [2.05, 4.69) is 5.32 Å². The molecule has 2 aromatic rings. The topological polar surface area (TPSA) is 209 Å². The van der Waals surface area contributed by atoms with Crippen LogP contribution in [0.15, 0.2) is 33.5 Å². The van der Waals surface area contributed by atoms with Crippen LogP contribution in [0, 0.1) is 6.92 Å². The van der Waals surface area contributed by atoms with E-state index in [1.54, 1.807) is 13.0 Å². The van der Waals surface area contributed by atoms with Crippen LogP contribution in [0.25, 0.3) is 11.0 Å². The first-order valence-corrected chi connectivity index (χ1v) is 14.0. The van der Waals surface area contributed by atoms with Crippen LogP contribution >= 0.6 is 0 Å². The fourth-order valence-corrected chi connectivity index (χ4v) is 5.06. The molecule has 1 amide bonds. The number of ether oxygens (including phenoxy) is 7.